The van der Waals surface area contributed by atoms with E-state index in [1.807, 2.05) is 12.1 Å². The fourth-order valence-electron chi connectivity index (χ4n) is 9.52. The van der Waals surface area contributed by atoms with E-state index in [4.69, 9.17) is 4.42 Å². The van der Waals surface area contributed by atoms with Crippen LogP contribution in [0.3, 0.4) is 0 Å². The zero-order valence-corrected chi connectivity index (χ0v) is 33.6. The molecule has 0 unspecified atom stereocenters. The molecule has 1 heterocycles. The van der Waals surface area contributed by atoms with E-state index in [2.05, 4.69) is 199 Å². The summed E-state index contributed by atoms with van der Waals surface area (Å²) in [4.78, 5) is 2.36. The van der Waals surface area contributed by atoms with Gasteiger partial charge in [0.1, 0.15) is 11.2 Å². The monoisotopic (exact) mass is 771 g/mol. The first kappa shape index (κ1) is 36.0. The first-order chi connectivity index (χ1) is 29.7. The summed E-state index contributed by atoms with van der Waals surface area (Å²) in [5.41, 5.74) is 16.2. The summed E-state index contributed by atoms with van der Waals surface area (Å²) in [6, 6.07) is 75.1. The van der Waals surface area contributed by atoms with Crippen LogP contribution >= 0.6 is 0 Å². The normalized spacial score (nSPS) is 13.3. The maximum absolute atomic E-state index is 6.42. The molecule has 0 saturated heterocycles. The van der Waals surface area contributed by atoms with Gasteiger partial charge in [-0.05, 0) is 117 Å². The number of fused-ring (bicyclic) bond motifs is 4. The number of furan rings is 1. The van der Waals surface area contributed by atoms with Gasteiger partial charge >= 0.3 is 0 Å². The lowest BCUT2D eigenvalue weighted by molar-refractivity contribution is 0.443. The van der Waals surface area contributed by atoms with Gasteiger partial charge in [0.25, 0.3) is 0 Å². The van der Waals surface area contributed by atoms with Gasteiger partial charge in [-0.3, -0.25) is 0 Å². The van der Waals surface area contributed by atoms with Crippen molar-refractivity contribution in [1.82, 2.24) is 0 Å². The maximum atomic E-state index is 6.42. The number of hydrogen-bond acceptors (Lipinski definition) is 2. The molecule has 0 atom stereocenters. The third kappa shape index (κ3) is 6.74. The van der Waals surface area contributed by atoms with Gasteiger partial charge in [0.15, 0.2) is 0 Å². The molecule has 0 aliphatic heterocycles. The smallest absolute Gasteiger partial charge is 0.143 e. The molecule has 1 fully saturated rings. The molecule has 0 radical (unpaired) electrons. The van der Waals surface area contributed by atoms with Gasteiger partial charge in [-0.15, -0.1) is 0 Å². The highest BCUT2D eigenvalue weighted by atomic mass is 16.3. The van der Waals surface area contributed by atoms with Gasteiger partial charge in [0, 0.05) is 33.4 Å². The predicted molar refractivity (Wildman–Crippen MR) is 253 cm³/mol. The van der Waals surface area contributed by atoms with Crippen molar-refractivity contribution in [2.75, 3.05) is 4.90 Å². The van der Waals surface area contributed by atoms with Crippen molar-refractivity contribution in [2.24, 2.45) is 0 Å². The number of hydrogen-bond donors (Lipinski definition) is 0. The molecule has 11 rings (SSSR count). The van der Waals surface area contributed by atoms with E-state index >= 15 is 0 Å². The maximum Gasteiger partial charge on any atom is 0.143 e. The Bertz CT molecular complexity index is 3070. The molecule has 1 aliphatic rings. The van der Waals surface area contributed by atoms with Crippen LogP contribution in [0, 0.1) is 0 Å². The summed E-state index contributed by atoms with van der Waals surface area (Å²) in [6.07, 6.45) is 6.73. The average Bonchev–Trinajstić information content (AvgIpc) is 3.72. The molecular formula is C58H45NO. The Morgan fingerprint density at radius 2 is 0.800 bits per heavy atom. The SMILES string of the molecule is c1ccc2c(-c3ccc(-c4ccc(N(c5ccc(-c6ccc(C7CCCCC7)cc6)cc5)c5ccc(-c6cccc7c6oc6ccccc67)cc5)cc4)cc3)cccc2c1. The lowest BCUT2D eigenvalue weighted by atomic mass is 9.84. The highest BCUT2D eigenvalue weighted by Gasteiger charge is 2.18. The van der Waals surface area contributed by atoms with Crippen molar-refractivity contribution >= 4 is 49.8 Å². The van der Waals surface area contributed by atoms with E-state index in [9.17, 15) is 0 Å². The quantitative estimate of drug-likeness (QED) is 0.153. The van der Waals surface area contributed by atoms with Crippen LogP contribution in [0.5, 0.6) is 0 Å². The number of benzene rings is 9. The predicted octanol–water partition coefficient (Wildman–Crippen LogP) is 16.9. The minimum Gasteiger partial charge on any atom is -0.455 e. The lowest BCUT2D eigenvalue weighted by Crippen LogP contribution is -2.09. The number of para-hydroxylation sites is 2. The summed E-state index contributed by atoms with van der Waals surface area (Å²) in [5.74, 6) is 0.711. The molecule has 0 spiro atoms. The summed E-state index contributed by atoms with van der Waals surface area (Å²) < 4.78 is 6.42. The van der Waals surface area contributed by atoms with Crippen molar-refractivity contribution in [1.29, 1.82) is 0 Å². The lowest BCUT2D eigenvalue weighted by Gasteiger charge is -2.26. The van der Waals surface area contributed by atoms with Crippen LogP contribution in [-0.2, 0) is 0 Å². The average molecular weight is 772 g/mol. The second-order valence-corrected chi connectivity index (χ2v) is 16.3. The fourth-order valence-corrected chi connectivity index (χ4v) is 9.52. The largest absolute Gasteiger partial charge is 0.455 e. The van der Waals surface area contributed by atoms with Crippen molar-refractivity contribution < 1.29 is 4.42 Å². The van der Waals surface area contributed by atoms with Crippen molar-refractivity contribution in [3.8, 4) is 44.5 Å². The van der Waals surface area contributed by atoms with E-state index in [0.29, 0.717) is 5.92 Å². The van der Waals surface area contributed by atoms with Crippen LogP contribution in [-0.4, -0.2) is 0 Å². The second-order valence-electron chi connectivity index (χ2n) is 16.3. The molecule has 10 aromatic rings. The van der Waals surface area contributed by atoms with Gasteiger partial charge in [-0.2, -0.15) is 0 Å². The van der Waals surface area contributed by atoms with E-state index in [1.54, 1.807) is 0 Å². The van der Waals surface area contributed by atoms with E-state index < -0.39 is 0 Å². The van der Waals surface area contributed by atoms with Crippen molar-refractivity contribution in [3.63, 3.8) is 0 Å². The second kappa shape index (κ2) is 15.5. The third-order valence-electron chi connectivity index (χ3n) is 12.7. The Labute approximate surface area is 352 Å². The van der Waals surface area contributed by atoms with Gasteiger partial charge in [0.05, 0.1) is 0 Å². The van der Waals surface area contributed by atoms with Gasteiger partial charge in [0.2, 0.25) is 0 Å². The minimum atomic E-state index is 0.711. The summed E-state index contributed by atoms with van der Waals surface area (Å²) in [6.45, 7) is 0. The standard InChI is InChI=1S/C58H45NO/c1-2-10-40(11-3-1)41-20-22-42(23-21-41)44-28-34-49(35-29-44)59(51-38-32-48(33-39-51)54-17-9-18-56-55-15-6-7-19-57(55)60-58(54)56)50-36-30-45(31-37-50)43-24-26-47(27-25-43)53-16-8-13-46-12-4-5-14-52(46)53/h4-9,12-40H,1-3,10-11H2. The van der Waals surface area contributed by atoms with Crippen LogP contribution in [0.4, 0.5) is 17.1 Å². The van der Waals surface area contributed by atoms with Crippen LogP contribution < -0.4 is 4.90 Å². The molecule has 1 aliphatic carbocycles. The van der Waals surface area contributed by atoms with Crippen LogP contribution in [0.15, 0.2) is 211 Å². The molecular weight excluding hydrogens is 727 g/mol. The van der Waals surface area contributed by atoms with Gasteiger partial charge in [-0.25, -0.2) is 0 Å². The summed E-state index contributed by atoms with van der Waals surface area (Å²) in [7, 11) is 0. The zero-order valence-electron chi connectivity index (χ0n) is 33.6. The highest BCUT2D eigenvalue weighted by molar-refractivity contribution is 6.09. The van der Waals surface area contributed by atoms with Crippen LogP contribution in [0.1, 0.15) is 43.6 Å². The van der Waals surface area contributed by atoms with Crippen LogP contribution in [0.25, 0.3) is 77.2 Å². The number of anilines is 3. The zero-order chi connectivity index (χ0) is 39.8. The Morgan fingerprint density at radius 3 is 1.45 bits per heavy atom. The molecule has 0 bridgehead atoms. The minimum absolute atomic E-state index is 0.711. The Morgan fingerprint density at radius 1 is 0.350 bits per heavy atom. The molecule has 2 heteroatoms. The van der Waals surface area contributed by atoms with E-state index in [0.717, 1.165) is 50.1 Å². The van der Waals surface area contributed by atoms with Crippen LogP contribution in [0.2, 0.25) is 0 Å². The Hall–Kier alpha value is -7.16. The summed E-state index contributed by atoms with van der Waals surface area (Å²) >= 11 is 0. The van der Waals surface area contributed by atoms with E-state index in [1.165, 1.54) is 81.8 Å². The van der Waals surface area contributed by atoms with E-state index in [-0.39, 0.29) is 0 Å². The number of nitrogens with zero attached hydrogens (tertiary/aromatic N) is 1. The van der Waals surface area contributed by atoms with Crippen molar-refractivity contribution in [2.45, 2.75) is 38.0 Å². The summed E-state index contributed by atoms with van der Waals surface area (Å²) in [5, 5.41) is 4.82. The number of rotatable bonds is 8. The molecule has 0 amide bonds. The topological polar surface area (TPSA) is 16.4 Å². The Balaban J connectivity index is 0.921. The van der Waals surface area contributed by atoms with Gasteiger partial charge in [-0.1, -0.05) is 183 Å². The fraction of sp³-hybridized carbons (Fsp3) is 0.103. The molecule has 2 nitrogen and oxygen atoms in total. The molecule has 0 N–H and O–H groups in total. The molecule has 60 heavy (non-hydrogen) atoms. The Kier molecular flexibility index (Phi) is 9.32. The molecule has 288 valence electrons. The molecule has 1 aromatic heterocycles. The van der Waals surface area contributed by atoms with Gasteiger partial charge < -0.3 is 9.32 Å². The molecule has 1 saturated carbocycles. The first-order valence-corrected chi connectivity index (χ1v) is 21.4. The van der Waals surface area contributed by atoms with Crippen molar-refractivity contribution in [3.05, 3.63) is 212 Å². The third-order valence-corrected chi connectivity index (χ3v) is 12.7. The highest BCUT2D eigenvalue weighted by Crippen LogP contribution is 2.41. The first-order valence-electron chi connectivity index (χ1n) is 21.4. The molecule has 9 aromatic carbocycles.